The van der Waals surface area contributed by atoms with E-state index in [-0.39, 0.29) is 11.4 Å². The summed E-state index contributed by atoms with van der Waals surface area (Å²) in [5.41, 5.74) is 9.72. The quantitative estimate of drug-likeness (QED) is 0.702. The van der Waals surface area contributed by atoms with E-state index in [1.54, 1.807) is 36.4 Å². The highest BCUT2D eigenvalue weighted by molar-refractivity contribution is 7.92. The number of nitrogens with one attached hydrogen (secondary N) is 1. The van der Waals surface area contributed by atoms with E-state index in [0.29, 0.717) is 41.3 Å². The summed E-state index contributed by atoms with van der Waals surface area (Å²) in [7, 11) is -0.883. The Bertz CT molecular complexity index is 1080. The molecule has 1 heterocycles. The maximum absolute atomic E-state index is 13.5. The number of hydrogen-bond donors (Lipinski definition) is 2. The Morgan fingerprint density at radius 1 is 1.13 bits per heavy atom. The van der Waals surface area contributed by atoms with Crippen molar-refractivity contribution < 1.29 is 22.7 Å². The minimum absolute atomic E-state index is 0.185. The molecule has 0 fully saturated rings. The van der Waals surface area contributed by atoms with E-state index in [9.17, 15) is 13.2 Å². The van der Waals surface area contributed by atoms with Gasteiger partial charge >= 0.3 is 6.03 Å². The minimum atomic E-state index is -3.84. The zero-order valence-corrected chi connectivity index (χ0v) is 17.8. The molecule has 0 spiro atoms. The van der Waals surface area contributed by atoms with Crippen LogP contribution in [0.1, 0.15) is 24.0 Å². The average Bonchev–Trinajstić information content (AvgIpc) is 2.90. The second kappa shape index (κ2) is 8.62. The molecule has 3 N–H and O–H groups in total. The number of nitrogens with zero attached hydrogens (tertiary/aromatic N) is 2. The molecule has 10 heteroatoms. The highest BCUT2D eigenvalue weighted by atomic mass is 32.2. The number of methoxy groups -OCH3 is 2. The van der Waals surface area contributed by atoms with Crippen LogP contribution >= 0.6 is 0 Å². The van der Waals surface area contributed by atoms with Gasteiger partial charge in [0.15, 0.2) is 11.5 Å². The third-order valence-electron chi connectivity index (χ3n) is 4.77. The Hall–Kier alpha value is -3.27. The summed E-state index contributed by atoms with van der Waals surface area (Å²) in [5.74, 6) is 0.794. The molecule has 2 amide bonds. The van der Waals surface area contributed by atoms with Crippen molar-refractivity contribution in [1.29, 1.82) is 0 Å². The average molecular weight is 433 g/mol. The second-order valence-electron chi connectivity index (χ2n) is 6.75. The fraction of sp³-hybridized carbons (Fsp3) is 0.300. The third kappa shape index (κ3) is 4.18. The summed E-state index contributed by atoms with van der Waals surface area (Å²) in [5, 5.41) is 4.09. The number of benzene rings is 2. The molecule has 0 aliphatic carbocycles. The van der Waals surface area contributed by atoms with Crippen molar-refractivity contribution >= 4 is 27.5 Å². The van der Waals surface area contributed by atoms with Gasteiger partial charge in [-0.15, -0.1) is 0 Å². The number of urea groups is 1. The molecule has 0 unspecified atom stereocenters. The molecule has 0 bridgehead atoms. The molecule has 0 atom stereocenters. The van der Waals surface area contributed by atoms with Crippen LogP contribution in [0.4, 0.5) is 10.5 Å². The summed E-state index contributed by atoms with van der Waals surface area (Å²) >= 11 is 0. The number of ether oxygens (including phenoxy) is 2. The van der Waals surface area contributed by atoms with Crippen molar-refractivity contribution in [3.8, 4) is 11.5 Å². The number of nitrogens with two attached hydrogens (primary N) is 1. The molecule has 1 aliphatic rings. The number of amides is 2. The zero-order chi connectivity index (χ0) is 21.9. The number of fused-ring (bicyclic) bond motifs is 1. The fourth-order valence-corrected chi connectivity index (χ4v) is 4.79. The predicted octanol–water partition coefficient (Wildman–Crippen LogP) is 2.37. The van der Waals surface area contributed by atoms with Crippen molar-refractivity contribution in [1.82, 2.24) is 5.43 Å². The van der Waals surface area contributed by atoms with Gasteiger partial charge in [-0.3, -0.25) is 4.31 Å². The maximum atomic E-state index is 13.5. The van der Waals surface area contributed by atoms with Crippen molar-refractivity contribution in [2.75, 3.05) is 25.1 Å². The van der Waals surface area contributed by atoms with E-state index in [4.69, 9.17) is 15.2 Å². The number of aryl methyl sites for hydroxylation is 1. The van der Waals surface area contributed by atoms with Crippen molar-refractivity contribution in [2.45, 2.75) is 24.7 Å². The number of hydrazone groups is 1. The minimum Gasteiger partial charge on any atom is -0.493 e. The highest BCUT2D eigenvalue weighted by Crippen LogP contribution is 2.39. The van der Waals surface area contributed by atoms with Crippen LogP contribution in [-0.4, -0.2) is 40.9 Å². The van der Waals surface area contributed by atoms with E-state index in [2.05, 4.69) is 10.5 Å². The molecule has 3 rings (SSSR count). The SMILES string of the molecule is COc1cc2c(cc1OC)N(S(=O)(=O)c1ccc(C)cc1)CCC/C2=N\NC(N)=O. The first-order valence-electron chi connectivity index (χ1n) is 9.25. The summed E-state index contributed by atoms with van der Waals surface area (Å²) in [6.45, 7) is 2.12. The van der Waals surface area contributed by atoms with E-state index < -0.39 is 16.1 Å². The fourth-order valence-electron chi connectivity index (χ4n) is 3.28. The molecule has 1 aliphatic heterocycles. The Balaban J connectivity index is 2.21. The molecule has 0 saturated carbocycles. The topological polar surface area (TPSA) is 123 Å². The Morgan fingerprint density at radius 2 is 1.77 bits per heavy atom. The Kier molecular flexibility index (Phi) is 6.16. The summed E-state index contributed by atoms with van der Waals surface area (Å²) < 4.78 is 39.0. The predicted molar refractivity (Wildman–Crippen MR) is 114 cm³/mol. The first-order valence-corrected chi connectivity index (χ1v) is 10.7. The molecule has 0 radical (unpaired) electrons. The van der Waals surface area contributed by atoms with E-state index in [1.807, 2.05) is 6.92 Å². The van der Waals surface area contributed by atoms with E-state index in [1.165, 1.54) is 18.5 Å². The number of anilines is 1. The lowest BCUT2D eigenvalue weighted by atomic mass is 10.0. The standard InChI is InChI=1S/C20H24N4O5S/c1-13-6-8-14(9-7-13)30(26,27)24-10-4-5-16(22-23-20(21)25)15-11-18(28-2)19(29-3)12-17(15)24/h6-9,11-12H,4-5,10H2,1-3H3,(H3,21,23,25)/b22-16+. The van der Waals surface area contributed by atoms with Gasteiger partial charge in [-0.05, 0) is 38.0 Å². The van der Waals surface area contributed by atoms with Crippen molar-refractivity contribution in [3.63, 3.8) is 0 Å². The van der Waals surface area contributed by atoms with Gasteiger partial charge in [0.25, 0.3) is 10.0 Å². The normalized spacial score (nSPS) is 15.3. The molecule has 2 aromatic carbocycles. The van der Waals surface area contributed by atoms with Crippen LogP contribution in [0.5, 0.6) is 11.5 Å². The van der Waals surface area contributed by atoms with Crippen LogP contribution in [-0.2, 0) is 10.0 Å². The number of rotatable bonds is 5. The van der Waals surface area contributed by atoms with Gasteiger partial charge in [0, 0.05) is 18.2 Å². The number of carbonyl (C=O) groups excluding carboxylic acids is 1. The summed E-state index contributed by atoms with van der Waals surface area (Å²) in [4.78, 5) is 11.3. The molecule has 0 saturated heterocycles. The number of carbonyl (C=O) groups is 1. The first kappa shape index (κ1) is 21.4. The number of sulfonamides is 1. The largest absolute Gasteiger partial charge is 0.493 e. The van der Waals surface area contributed by atoms with Crippen LogP contribution in [0.25, 0.3) is 0 Å². The van der Waals surface area contributed by atoms with E-state index in [0.717, 1.165) is 5.56 Å². The Morgan fingerprint density at radius 3 is 2.37 bits per heavy atom. The summed E-state index contributed by atoms with van der Waals surface area (Å²) in [6.07, 6.45) is 0.923. The Labute approximate surface area is 175 Å². The van der Waals surface area contributed by atoms with E-state index >= 15 is 0 Å². The van der Waals surface area contributed by atoms with Gasteiger partial charge in [0.05, 0.1) is 30.5 Å². The highest BCUT2D eigenvalue weighted by Gasteiger charge is 2.31. The van der Waals surface area contributed by atoms with Gasteiger partial charge < -0.3 is 15.2 Å². The third-order valence-corrected chi connectivity index (χ3v) is 6.59. The number of primary amides is 1. The summed E-state index contributed by atoms with van der Waals surface area (Å²) in [6, 6.07) is 9.12. The molecule has 9 nitrogen and oxygen atoms in total. The zero-order valence-electron chi connectivity index (χ0n) is 17.0. The van der Waals surface area contributed by atoms with Gasteiger partial charge in [-0.2, -0.15) is 5.10 Å². The van der Waals surface area contributed by atoms with Crippen LogP contribution in [0.2, 0.25) is 0 Å². The first-order chi connectivity index (χ1) is 14.3. The lowest BCUT2D eigenvalue weighted by Crippen LogP contribution is -2.32. The second-order valence-corrected chi connectivity index (χ2v) is 8.61. The molecule has 160 valence electrons. The molecular weight excluding hydrogens is 408 g/mol. The molecule has 2 aromatic rings. The smallest absolute Gasteiger partial charge is 0.332 e. The van der Waals surface area contributed by atoms with Gasteiger partial charge in [0.2, 0.25) is 0 Å². The van der Waals surface area contributed by atoms with Crippen molar-refractivity contribution in [3.05, 3.63) is 47.5 Å². The monoisotopic (exact) mass is 432 g/mol. The van der Waals surface area contributed by atoms with Crippen molar-refractivity contribution in [2.24, 2.45) is 10.8 Å². The van der Waals surface area contributed by atoms with Gasteiger partial charge in [-0.25, -0.2) is 18.6 Å². The van der Waals surface area contributed by atoms with Crippen LogP contribution in [0.3, 0.4) is 0 Å². The van der Waals surface area contributed by atoms with Gasteiger partial charge in [0.1, 0.15) is 0 Å². The van der Waals surface area contributed by atoms with Crippen LogP contribution in [0.15, 0.2) is 46.4 Å². The van der Waals surface area contributed by atoms with Crippen LogP contribution in [0, 0.1) is 6.92 Å². The number of hydrogen-bond acceptors (Lipinski definition) is 6. The van der Waals surface area contributed by atoms with Crippen LogP contribution < -0.4 is 24.9 Å². The molecule has 0 aromatic heterocycles. The lowest BCUT2D eigenvalue weighted by molar-refractivity contribution is 0.249. The maximum Gasteiger partial charge on any atom is 0.332 e. The molecular formula is C20H24N4O5S. The lowest BCUT2D eigenvalue weighted by Gasteiger charge is -2.25. The van der Waals surface area contributed by atoms with Gasteiger partial charge in [-0.1, -0.05) is 17.7 Å². The molecule has 30 heavy (non-hydrogen) atoms.